The second-order valence-electron chi connectivity index (χ2n) is 2.54. The van der Waals surface area contributed by atoms with E-state index in [-0.39, 0.29) is 5.82 Å². The molecule has 1 aromatic heterocycles. The fourth-order valence-corrected chi connectivity index (χ4v) is 1.63. The molecule has 0 aliphatic carbocycles. The average Bonchev–Trinajstić information content (AvgIpc) is 2.50. The van der Waals surface area contributed by atoms with Crippen molar-refractivity contribution in [1.29, 1.82) is 0 Å². The highest BCUT2D eigenvalue weighted by molar-refractivity contribution is 9.08. The van der Waals surface area contributed by atoms with E-state index in [4.69, 9.17) is 4.42 Å². The second kappa shape index (κ2) is 2.90. The summed E-state index contributed by atoms with van der Waals surface area (Å²) in [5.74, 6) is -0.224. The molecule has 62 valence electrons. The van der Waals surface area contributed by atoms with Crippen LogP contribution in [0.25, 0.3) is 11.0 Å². The van der Waals surface area contributed by atoms with Crippen molar-refractivity contribution < 1.29 is 8.81 Å². The van der Waals surface area contributed by atoms with Gasteiger partial charge in [-0.2, -0.15) is 0 Å². The van der Waals surface area contributed by atoms with Crippen LogP contribution < -0.4 is 0 Å². The van der Waals surface area contributed by atoms with Crippen LogP contribution in [0.1, 0.15) is 5.56 Å². The molecule has 2 aromatic rings. The molecule has 0 atom stereocenters. The van der Waals surface area contributed by atoms with Crippen molar-refractivity contribution in [1.82, 2.24) is 0 Å². The first-order valence-corrected chi connectivity index (χ1v) is 4.65. The van der Waals surface area contributed by atoms with Gasteiger partial charge in [-0.1, -0.05) is 15.9 Å². The van der Waals surface area contributed by atoms with Crippen LogP contribution in [0, 0.1) is 5.82 Å². The van der Waals surface area contributed by atoms with E-state index in [1.165, 1.54) is 12.1 Å². The zero-order chi connectivity index (χ0) is 8.55. The molecule has 0 amide bonds. The van der Waals surface area contributed by atoms with Crippen molar-refractivity contribution in [2.45, 2.75) is 5.33 Å². The van der Waals surface area contributed by atoms with Gasteiger partial charge in [-0.3, -0.25) is 0 Å². The molecule has 0 radical (unpaired) electrons. The summed E-state index contributed by atoms with van der Waals surface area (Å²) in [4.78, 5) is 0. The third-order valence-corrected chi connectivity index (χ3v) is 2.34. The van der Waals surface area contributed by atoms with Crippen LogP contribution in [-0.2, 0) is 5.33 Å². The van der Waals surface area contributed by atoms with Gasteiger partial charge in [0.2, 0.25) is 0 Å². The monoisotopic (exact) mass is 228 g/mol. The summed E-state index contributed by atoms with van der Waals surface area (Å²) in [5.41, 5.74) is 1.60. The van der Waals surface area contributed by atoms with Gasteiger partial charge in [0.05, 0.1) is 6.26 Å². The van der Waals surface area contributed by atoms with E-state index >= 15 is 0 Å². The lowest BCUT2D eigenvalue weighted by Gasteiger charge is -1.96. The Morgan fingerprint density at radius 2 is 2.25 bits per heavy atom. The van der Waals surface area contributed by atoms with Crippen molar-refractivity contribution >= 4 is 26.9 Å². The van der Waals surface area contributed by atoms with Crippen LogP contribution >= 0.6 is 15.9 Å². The van der Waals surface area contributed by atoms with Crippen LogP contribution in [0.3, 0.4) is 0 Å². The van der Waals surface area contributed by atoms with Gasteiger partial charge in [0.15, 0.2) is 0 Å². The summed E-state index contributed by atoms with van der Waals surface area (Å²) in [6.07, 6.45) is 1.57. The van der Waals surface area contributed by atoms with Gasteiger partial charge in [-0.05, 0) is 18.2 Å². The Morgan fingerprint density at radius 1 is 1.42 bits per heavy atom. The van der Waals surface area contributed by atoms with Crippen LogP contribution in [0.4, 0.5) is 4.39 Å². The van der Waals surface area contributed by atoms with Gasteiger partial charge in [-0.15, -0.1) is 0 Å². The molecule has 0 N–H and O–H groups in total. The summed E-state index contributed by atoms with van der Waals surface area (Å²) in [6.45, 7) is 0. The smallest absolute Gasteiger partial charge is 0.138 e. The Balaban J connectivity index is 2.80. The van der Waals surface area contributed by atoms with E-state index in [2.05, 4.69) is 15.9 Å². The number of benzene rings is 1. The van der Waals surface area contributed by atoms with Crippen LogP contribution in [0.5, 0.6) is 0 Å². The predicted octanol–water partition coefficient (Wildman–Crippen LogP) is 3.47. The molecule has 0 saturated heterocycles. The van der Waals surface area contributed by atoms with Gasteiger partial charge in [-0.25, -0.2) is 4.39 Å². The highest BCUT2D eigenvalue weighted by Crippen LogP contribution is 2.23. The van der Waals surface area contributed by atoms with Crippen LogP contribution in [-0.4, -0.2) is 0 Å². The standard InChI is InChI=1S/C9H6BrFO/c10-5-7-4-8(11)3-6-1-2-12-9(6)7/h1-4H,5H2. The van der Waals surface area contributed by atoms with Gasteiger partial charge < -0.3 is 4.42 Å². The molecule has 0 fully saturated rings. The molecule has 0 unspecified atom stereocenters. The van der Waals surface area contributed by atoms with Gasteiger partial charge >= 0.3 is 0 Å². The number of halogens is 2. The third kappa shape index (κ3) is 1.14. The molecule has 0 bridgehead atoms. The van der Waals surface area contributed by atoms with E-state index in [0.29, 0.717) is 5.33 Å². The highest BCUT2D eigenvalue weighted by atomic mass is 79.9. The minimum Gasteiger partial charge on any atom is -0.464 e. The minimum absolute atomic E-state index is 0.224. The van der Waals surface area contributed by atoms with Crippen molar-refractivity contribution in [3.8, 4) is 0 Å². The number of fused-ring (bicyclic) bond motifs is 1. The lowest BCUT2D eigenvalue weighted by molar-refractivity contribution is 0.606. The van der Waals surface area contributed by atoms with Gasteiger partial charge in [0.25, 0.3) is 0 Å². The normalized spacial score (nSPS) is 10.8. The Bertz CT molecular complexity index is 408. The molecular weight excluding hydrogens is 223 g/mol. The molecule has 1 aromatic carbocycles. The molecule has 0 aliphatic heterocycles. The number of rotatable bonds is 1. The largest absolute Gasteiger partial charge is 0.464 e. The lowest BCUT2D eigenvalue weighted by Crippen LogP contribution is -1.81. The SMILES string of the molecule is Fc1cc(CBr)c2occc2c1. The molecule has 1 heterocycles. The first-order valence-electron chi connectivity index (χ1n) is 3.53. The zero-order valence-electron chi connectivity index (χ0n) is 6.18. The van der Waals surface area contributed by atoms with E-state index in [0.717, 1.165) is 16.5 Å². The maximum absolute atomic E-state index is 12.9. The fourth-order valence-electron chi connectivity index (χ4n) is 1.22. The summed E-state index contributed by atoms with van der Waals surface area (Å²) in [5, 5.41) is 1.42. The summed E-state index contributed by atoms with van der Waals surface area (Å²) in [6, 6.07) is 4.69. The predicted molar refractivity (Wildman–Crippen MR) is 48.8 cm³/mol. The Morgan fingerprint density at radius 3 is 3.00 bits per heavy atom. The Labute approximate surface area is 77.3 Å². The molecule has 0 aliphatic rings. The van der Waals surface area contributed by atoms with Crippen LogP contribution in [0.2, 0.25) is 0 Å². The molecule has 3 heteroatoms. The molecular formula is C9H6BrFO. The maximum Gasteiger partial charge on any atom is 0.138 e. The molecule has 1 nitrogen and oxygen atoms in total. The quantitative estimate of drug-likeness (QED) is 0.682. The fraction of sp³-hybridized carbons (Fsp3) is 0.111. The van der Waals surface area contributed by atoms with Crippen LogP contribution in [0.15, 0.2) is 28.9 Å². The Kier molecular flexibility index (Phi) is 1.89. The highest BCUT2D eigenvalue weighted by Gasteiger charge is 2.05. The van der Waals surface area contributed by atoms with Crippen molar-refractivity contribution in [3.05, 3.63) is 35.8 Å². The third-order valence-electron chi connectivity index (χ3n) is 1.74. The Hall–Kier alpha value is -0.830. The summed E-state index contributed by atoms with van der Waals surface area (Å²) >= 11 is 3.27. The number of hydrogen-bond acceptors (Lipinski definition) is 1. The van der Waals surface area contributed by atoms with E-state index in [1.54, 1.807) is 12.3 Å². The molecule has 0 spiro atoms. The number of furan rings is 1. The molecule has 2 rings (SSSR count). The second-order valence-corrected chi connectivity index (χ2v) is 3.10. The van der Waals surface area contributed by atoms with Crippen molar-refractivity contribution in [3.63, 3.8) is 0 Å². The first kappa shape index (κ1) is 7.80. The van der Waals surface area contributed by atoms with Gasteiger partial charge in [0.1, 0.15) is 11.4 Å². The zero-order valence-corrected chi connectivity index (χ0v) is 7.77. The maximum atomic E-state index is 12.9. The van der Waals surface area contributed by atoms with Crippen molar-refractivity contribution in [2.24, 2.45) is 0 Å². The first-order chi connectivity index (χ1) is 5.81. The molecule has 12 heavy (non-hydrogen) atoms. The number of alkyl halides is 1. The summed E-state index contributed by atoms with van der Waals surface area (Å²) in [7, 11) is 0. The molecule has 0 saturated carbocycles. The lowest BCUT2D eigenvalue weighted by atomic mass is 10.2. The average molecular weight is 229 g/mol. The van der Waals surface area contributed by atoms with Gasteiger partial charge in [0, 0.05) is 16.3 Å². The van der Waals surface area contributed by atoms with E-state index in [1.807, 2.05) is 0 Å². The summed E-state index contributed by atoms with van der Waals surface area (Å²) < 4.78 is 18.1. The topological polar surface area (TPSA) is 13.1 Å². The van der Waals surface area contributed by atoms with Crippen molar-refractivity contribution in [2.75, 3.05) is 0 Å². The minimum atomic E-state index is -0.224. The number of hydrogen-bond donors (Lipinski definition) is 0. The van der Waals surface area contributed by atoms with E-state index < -0.39 is 0 Å². The van der Waals surface area contributed by atoms with E-state index in [9.17, 15) is 4.39 Å².